The molecule has 1 saturated carbocycles. The van der Waals surface area contributed by atoms with E-state index in [-0.39, 0.29) is 47.3 Å². The number of rotatable bonds is 1. The predicted octanol–water partition coefficient (Wildman–Crippen LogP) is 3.99. The average Bonchev–Trinajstić information content (AvgIpc) is 3.06. The molecule has 5 aliphatic rings. The zero-order valence-electron chi connectivity index (χ0n) is 17.0. The first-order valence-electron chi connectivity index (χ1n) is 10.5. The highest BCUT2D eigenvalue weighted by molar-refractivity contribution is 6.00. The molecule has 0 N–H and O–H groups in total. The van der Waals surface area contributed by atoms with E-state index in [1.54, 1.807) is 12.2 Å². The van der Waals surface area contributed by atoms with E-state index in [9.17, 15) is 9.59 Å². The molecule has 5 rings (SSSR count). The van der Waals surface area contributed by atoms with Crippen LogP contribution in [0.3, 0.4) is 0 Å². The van der Waals surface area contributed by atoms with Crippen molar-refractivity contribution >= 4 is 11.8 Å². The predicted molar refractivity (Wildman–Crippen MR) is 101 cm³/mol. The molecule has 2 saturated heterocycles. The quantitative estimate of drug-likeness (QED) is 0.517. The van der Waals surface area contributed by atoms with Gasteiger partial charge in [-0.15, -0.1) is 0 Å². The molecule has 2 aliphatic heterocycles. The van der Waals surface area contributed by atoms with Crippen LogP contribution in [0.2, 0.25) is 0 Å². The fraction of sp³-hybridized carbons (Fsp3) is 0.739. The summed E-state index contributed by atoms with van der Waals surface area (Å²) >= 11 is 0. The Hall–Kier alpha value is -1.42. The number of fused-ring (bicyclic) bond motifs is 4. The van der Waals surface area contributed by atoms with Crippen molar-refractivity contribution < 1.29 is 19.1 Å². The molecule has 0 aromatic rings. The van der Waals surface area contributed by atoms with Crippen molar-refractivity contribution in [1.29, 1.82) is 0 Å². The molecule has 0 spiro atoms. The Bertz CT molecular complexity index is 809. The molecular weight excluding hydrogens is 340 g/mol. The minimum Gasteiger partial charge on any atom is -0.459 e. The van der Waals surface area contributed by atoms with Crippen molar-refractivity contribution in [2.75, 3.05) is 0 Å². The SMILES string of the molecule is CC[C@H]1[C@]2(C)C3=C(C)CCC[C@H]3O[C@@H]2[C@@H]2OC(=O)[C@]3(C)C=CC(=O)[C@@]1(C)[C@@H]23. The number of hydrogen-bond acceptors (Lipinski definition) is 4. The highest BCUT2D eigenvalue weighted by atomic mass is 16.6. The topological polar surface area (TPSA) is 52.6 Å². The molecule has 8 atom stereocenters. The van der Waals surface area contributed by atoms with Crippen molar-refractivity contribution in [3.05, 3.63) is 23.3 Å². The lowest BCUT2D eigenvalue weighted by molar-refractivity contribution is -0.185. The summed E-state index contributed by atoms with van der Waals surface area (Å²) in [5.74, 6) is -0.0669. The minimum atomic E-state index is -0.734. The molecule has 0 bridgehead atoms. The number of hydrogen-bond donors (Lipinski definition) is 0. The van der Waals surface area contributed by atoms with Gasteiger partial charge in [-0.25, -0.2) is 0 Å². The fourth-order valence-corrected chi connectivity index (χ4v) is 7.93. The Balaban J connectivity index is 1.78. The van der Waals surface area contributed by atoms with Crippen LogP contribution in [0, 0.1) is 28.1 Å². The normalized spacial score (nSPS) is 53.1. The van der Waals surface area contributed by atoms with Gasteiger partial charge in [0.05, 0.1) is 11.5 Å². The standard InChI is InChI=1S/C23H30O4/c1-6-14-22(4)15(24)10-11-21(3)18(22)17(27-20(21)25)19-23(14,5)16-12(2)8-7-9-13(16)26-19/h10-11,13-14,17-19H,6-9H2,1-5H3/t13-,14-,17-,18+,19-,21-,22+,23-/m1/s1. The average molecular weight is 370 g/mol. The maximum absolute atomic E-state index is 13.3. The highest BCUT2D eigenvalue weighted by Crippen LogP contribution is 2.70. The van der Waals surface area contributed by atoms with Gasteiger partial charge < -0.3 is 9.47 Å². The number of ketones is 1. The van der Waals surface area contributed by atoms with E-state index in [1.807, 2.05) is 6.92 Å². The molecule has 0 aromatic carbocycles. The molecular formula is C23H30O4. The molecule has 0 amide bonds. The van der Waals surface area contributed by atoms with E-state index in [0.717, 1.165) is 25.7 Å². The van der Waals surface area contributed by atoms with Gasteiger partial charge in [-0.1, -0.05) is 38.8 Å². The first-order valence-corrected chi connectivity index (χ1v) is 10.5. The van der Waals surface area contributed by atoms with Crippen LogP contribution in [0.4, 0.5) is 0 Å². The van der Waals surface area contributed by atoms with Crippen LogP contribution < -0.4 is 0 Å². The lowest BCUT2D eigenvalue weighted by atomic mass is 9.41. The molecule has 0 radical (unpaired) electrons. The maximum Gasteiger partial charge on any atom is 0.316 e. The van der Waals surface area contributed by atoms with Gasteiger partial charge in [0, 0.05) is 16.7 Å². The third-order valence-corrected chi connectivity index (χ3v) is 8.85. The lowest BCUT2D eigenvalue weighted by Crippen LogP contribution is -2.65. The number of esters is 1. The molecule has 27 heavy (non-hydrogen) atoms. The summed E-state index contributed by atoms with van der Waals surface area (Å²) in [7, 11) is 0. The molecule has 3 fully saturated rings. The van der Waals surface area contributed by atoms with Gasteiger partial charge in [0.25, 0.3) is 0 Å². The second kappa shape index (κ2) is 5.14. The van der Waals surface area contributed by atoms with Crippen molar-refractivity contribution in [2.45, 2.75) is 78.6 Å². The molecule has 3 aliphatic carbocycles. The first-order chi connectivity index (χ1) is 12.7. The van der Waals surface area contributed by atoms with E-state index >= 15 is 0 Å². The van der Waals surface area contributed by atoms with Crippen LogP contribution in [-0.2, 0) is 19.1 Å². The van der Waals surface area contributed by atoms with Crippen LogP contribution in [0.1, 0.15) is 60.3 Å². The zero-order chi connectivity index (χ0) is 19.4. The number of allylic oxidation sites excluding steroid dienone is 2. The van der Waals surface area contributed by atoms with Crippen molar-refractivity contribution in [3.8, 4) is 0 Å². The molecule has 4 heteroatoms. The van der Waals surface area contributed by atoms with E-state index in [0.29, 0.717) is 0 Å². The summed E-state index contributed by atoms with van der Waals surface area (Å²) in [5, 5.41) is 0. The van der Waals surface area contributed by atoms with Crippen LogP contribution in [0.5, 0.6) is 0 Å². The Kier molecular flexibility index (Phi) is 3.36. The van der Waals surface area contributed by atoms with Gasteiger partial charge >= 0.3 is 5.97 Å². The summed E-state index contributed by atoms with van der Waals surface area (Å²) in [6, 6.07) is 0. The lowest BCUT2D eigenvalue weighted by Gasteiger charge is -2.59. The highest BCUT2D eigenvalue weighted by Gasteiger charge is 2.76. The largest absolute Gasteiger partial charge is 0.459 e. The number of ether oxygens (including phenoxy) is 2. The summed E-state index contributed by atoms with van der Waals surface area (Å²) in [5.41, 5.74) is 1.22. The number of carbonyl (C=O) groups is 2. The van der Waals surface area contributed by atoms with Crippen LogP contribution in [0.15, 0.2) is 23.3 Å². The number of carbonyl (C=O) groups excluding carboxylic acids is 2. The maximum atomic E-state index is 13.3. The van der Waals surface area contributed by atoms with E-state index < -0.39 is 10.8 Å². The van der Waals surface area contributed by atoms with E-state index in [2.05, 4.69) is 27.7 Å². The Morgan fingerprint density at radius 2 is 1.93 bits per heavy atom. The second-order valence-corrected chi connectivity index (χ2v) is 9.99. The summed E-state index contributed by atoms with van der Waals surface area (Å²) < 4.78 is 12.7. The zero-order valence-corrected chi connectivity index (χ0v) is 17.0. The minimum absolute atomic E-state index is 0.111. The van der Waals surface area contributed by atoms with E-state index in [1.165, 1.54) is 11.1 Å². The molecule has 4 nitrogen and oxygen atoms in total. The van der Waals surface area contributed by atoms with Gasteiger partial charge in [0.1, 0.15) is 12.2 Å². The van der Waals surface area contributed by atoms with Gasteiger partial charge in [0.2, 0.25) is 0 Å². The molecule has 146 valence electrons. The third-order valence-electron chi connectivity index (χ3n) is 8.85. The van der Waals surface area contributed by atoms with E-state index in [4.69, 9.17) is 9.47 Å². The van der Waals surface area contributed by atoms with Crippen molar-refractivity contribution in [2.24, 2.45) is 28.1 Å². The summed E-state index contributed by atoms with van der Waals surface area (Å²) in [6.45, 7) is 10.7. The molecule has 2 heterocycles. The van der Waals surface area contributed by atoms with Gasteiger partial charge in [-0.2, -0.15) is 0 Å². The van der Waals surface area contributed by atoms with Crippen LogP contribution in [0.25, 0.3) is 0 Å². The monoisotopic (exact) mass is 370 g/mol. The summed E-state index contributed by atoms with van der Waals surface area (Å²) in [4.78, 5) is 26.3. The van der Waals surface area contributed by atoms with Gasteiger partial charge in [-0.3, -0.25) is 9.59 Å². The first kappa shape index (κ1) is 17.7. The molecule has 0 aromatic heterocycles. The van der Waals surface area contributed by atoms with Gasteiger partial charge in [-0.05, 0) is 50.7 Å². The second-order valence-electron chi connectivity index (χ2n) is 9.99. The Morgan fingerprint density at radius 3 is 2.63 bits per heavy atom. The van der Waals surface area contributed by atoms with Gasteiger partial charge in [0.15, 0.2) is 5.78 Å². The Morgan fingerprint density at radius 1 is 1.19 bits per heavy atom. The van der Waals surface area contributed by atoms with Crippen molar-refractivity contribution in [1.82, 2.24) is 0 Å². The van der Waals surface area contributed by atoms with Crippen LogP contribution >= 0.6 is 0 Å². The Labute approximate surface area is 161 Å². The smallest absolute Gasteiger partial charge is 0.316 e. The molecule has 0 unspecified atom stereocenters. The van der Waals surface area contributed by atoms with Crippen molar-refractivity contribution in [3.63, 3.8) is 0 Å². The van der Waals surface area contributed by atoms with Crippen LogP contribution in [-0.4, -0.2) is 30.1 Å². The fourth-order valence-electron chi connectivity index (χ4n) is 7.93. The summed E-state index contributed by atoms with van der Waals surface area (Å²) in [6.07, 6.45) is 7.23. The third kappa shape index (κ3) is 1.75.